The average Bonchev–Trinajstić information content (AvgIpc) is 2.66. The van der Waals surface area contributed by atoms with Gasteiger partial charge in [-0.25, -0.2) is 0 Å². The molecule has 0 aromatic heterocycles. The molecule has 2 rings (SSSR count). The van der Waals surface area contributed by atoms with Crippen LogP contribution in [0.25, 0.3) is 0 Å². The molecule has 1 radical (unpaired) electrons. The smallest absolute Gasteiger partial charge is 0.0210 e. The Labute approximate surface area is 155 Å². The molecule has 0 spiro atoms. The van der Waals surface area contributed by atoms with E-state index in [1.54, 1.807) is 11.1 Å². The van der Waals surface area contributed by atoms with Gasteiger partial charge in [0.25, 0.3) is 0 Å². The highest BCUT2D eigenvalue weighted by molar-refractivity contribution is 5.56. The molecule has 0 heteroatoms. The Hall–Kier alpha value is -1.56. The quantitative estimate of drug-likeness (QED) is 0.506. The number of aryl methyl sites for hydroxylation is 4. The van der Waals surface area contributed by atoms with Crippen LogP contribution in [-0.4, -0.2) is 0 Å². The molecule has 0 amide bonds. The number of benzene rings is 2. The molecule has 0 aliphatic carbocycles. The average molecular weight is 336 g/mol. The molecule has 2 aromatic carbocycles. The first-order valence-corrected chi connectivity index (χ1v) is 10.3. The Morgan fingerprint density at radius 1 is 0.480 bits per heavy atom. The lowest BCUT2D eigenvalue weighted by Crippen LogP contribution is -2.07. The molecule has 0 bridgehead atoms. The van der Waals surface area contributed by atoms with Crippen molar-refractivity contribution < 1.29 is 0 Å². The predicted molar refractivity (Wildman–Crippen MR) is 112 cm³/mol. The van der Waals surface area contributed by atoms with Crippen molar-refractivity contribution in [3.63, 3.8) is 0 Å². The molecule has 0 heterocycles. The van der Waals surface area contributed by atoms with Crippen LogP contribution in [0.5, 0.6) is 0 Å². The van der Waals surface area contributed by atoms with Crippen LogP contribution in [0.2, 0.25) is 0 Å². The zero-order valence-electron chi connectivity index (χ0n) is 17.1. The number of rotatable bonds is 8. The van der Waals surface area contributed by atoms with Crippen molar-refractivity contribution in [2.45, 2.75) is 80.1 Å². The third-order valence-corrected chi connectivity index (χ3v) is 5.61. The van der Waals surface area contributed by atoms with Gasteiger partial charge in [-0.2, -0.15) is 0 Å². The van der Waals surface area contributed by atoms with E-state index in [2.05, 4.69) is 72.2 Å². The van der Waals surface area contributed by atoms with E-state index in [0.717, 1.165) is 38.5 Å². The molecule has 0 saturated carbocycles. The van der Waals surface area contributed by atoms with E-state index in [0.29, 0.717) is 0 Å². The maximum absolute atomic E-state index is 2.52. The summed E-state index contributed by atoms with van der Waals surface area (Å²) in [6, 6.07) is 9.40. The van der Waals surface area contributed by atoms with Crippen molar-refractivity contribution in [2.75, 3.05) is 0 Å². The van der Waals surface area contributed by atoms with Gasteiger partial charge in [0.15, 0.2) is 0 Å². The first kappa shape index (κ1) is 19.8. The highest BCUT2D eigenvalue weighted by Crippen LogP contribution is 2.31. The predicted octanol–water partition coefficient (Wildman–Crippen LogP) is 6.66. The maximum atomic E-state index is 2.52. The van der Waals surface area contributed by atoms with E-state index in [1.807, 2.05) is 0 Å². The Morgan fingerprint density at radius 3 is 1.08 bits per heavy atom. The standard InChI is InChI=1S/C25H35/c1-7-18-13-15-20(9-3)24(22(18)11-5)17-25-21(10-4)16-14-19(8-2)23(25)12-6/h13-17H,7-12H2,1-6H3. The summed E-state index contributed by atoms with van der Waals surface area (Å²) >= 11 is 0. The first-order valence-electron chi connectivity index (χ1n) is 10.3. The first-order chi connectivity index (χ1) is 12.1. The SMILES string of the molecule is CCc1ccc(CC)c(CC)c1[CH]c1c(CC)ccc(CC)c1CC. The Kier molecular flexibility index (Phi) is 7.29. The molecule has 0 N–H and O–H groups in total. The third-order valence-electron chi connectivity index (χ3n) is 5.61. The van der Waals surface area contributed by atoms with Crippen LogP contribution >= 0.6 is 0 Å². The van der Waals surface area contributed by atoms with Crippen molar-refractivity contribution in [1.82, 2.24) is 0 Å². The summed E-state index contributed by atoms with van der Waals surface area (Å²) in [6.45, 7) is 13.7. The zero-order valence-corrected chi connectivity index (χ0v) is 17.1. The van der Waals surface area contributed by atoms with Gasteiger partial charge >= 0.3 is 0 Å². The summed E-state index contributed by atoms with van der Waals surface area (Å²) in [6.07, 6.45) is 9.17. The number of hydrogen-bond acceptors (Lipinski definition) is 0. The van der Waals surface area contributed by atoms with Gasteiger partial charge in [0.05, 0.1) is 0 Å². The van der Waals surface area contributed by atoms with Gasteiger partial charge in [-0.05, 0) is 83.0 Å². The summed E-state index contributed by atoms with van der Waals surface area (Å²) in [5, 5.41) is 0. The molecular formula is C25H35. The van der Waals surface area contributed by atoms with Crippen LogP contribution < -0.4 is 0 Å². The molecule has 0 unspecified atom stereocenters. The van der Waals surface area contributed by atoms with Crippen molar-refractivity contribution in [2.24, 2.45) is 0 Å². The van der Waals surface area contributed by atoms with Crippen molar-refractivity contribution in [3.05, 3.63) is 75.2 Å². The summed E-state index contributed by atoms with van der Waals surface area (Å²) in [7, 11) is 0. The fourth-order valence-corrected chi connectivity index (χ4v) is 4.13. The minimum absolute atomic E-state index is 1.10. The van der Waals surface area contributed by atoms with Crippen LogP contribution in [0.3, 0.4) is 0 Å². The van der Waals surface area contributed by atoms with Gasteiger partial charge in [-0.1, -0.05) is 65.8 Å². The molecule has 0 aliphatic heterocycles. The lowest BCUT2D eigenvalue weighted by atomic mass is 9.83. The molecule has 135 valence electrons. The number of hydrogen-bond donors (Lipinski definition) is 0. The van der Waals surface area contributed by atoms with Crippen LogP contribution in [0.1, 0.15) is 86.1 Å². The molecule has 0 nitrogen and oxygen atoms in total. The normalized spacial score (nSPS) is 11.1. The summed E-state index contributed by atoms with van der Waals surface area (Å²) < 4.78 is 0. The minimum atomic E-state index is 1.10. The lowest BCUT2D eigenvalue weighted by Gasteiger charge is -2.21. The zero-order chi connectivity index (χ0) is 18.4. The monoisotopic (exact) mass is 335 g/mol. The van der Waals surface area contributed by atoms with Crippen LogP contribution in [0.15, 0.2) is 24.3 Å². The molecular weight excluding hydrogens is 300 g/mol. The van der Waals surface area contributed by atoms with E-state index in [-0.39, 0.29) is 0 Å². The maximum Gasteiger partial charge on any atom is 0.0210 e. The van der Waals surface area contributed by atoms with Gasteiger partial charge in [-0.15, -0.1) is 0 Å². The van der Waals surface area contributed by atoms with Crippen molar-refractivity contribution in [1.29, 1.82) is 0 Å². The highest BCUT2D eigenvalue weighted by atomic mass is 14.2. The van der Waals surface area contributed by atoms with E-state index in [9.17, 15) is 0 Å². The van der Waals surface area contributed by atoms with Crippen molar-refractivity contribution in [3.8, 4) is 0 Å². The molecule has 0 atom stereocenters. The summed E-state index contributed by atoms with van der Waals surface area (Å²) in [4.78, 5) is 0. The van der Waals surface area contributed by atoms with E-state index < -0.39 is 0 Å². The fraction of sp³-hybridized carbons (Fsp3) is 0.480. The van der Waals surface area contributed by atoms with E-state index >= 15 is 0 Å². The molecule has 0 aliphatic rings. The van der Waals surface area contributed by atoms with Crippen LogP contribution in [-0.2, 0) is 38.5 Å². The fourth-order valence-electron chi connectivity index (χ4n) is 4.13. The summed E-state index contributed by atoms with van der Waals surface area (Å²) in [5.74, 6) is 0. The molecule has 25 heavy (non-hydrogen) atoms. The van der Waals surface area contributed by atoms with Crippen LogP contribution in [0, 0.1) is 6.42 Å². The highest BCUT2D eigenvalue weighted by Gasteiger charge is 2.16. The second-order valence-electron chi connectivity index (χ2n) is 6.82. The Balaban J connectivity index is 2.67. The second-order valence-corrected chi connectivity index (χ2v) is 6.82. The summed E-state index contributed by atoms with van der Waals surface area (Å²) in [5.41, 5.74) is 12.1. The minimum Gasteiger partial charge on any atom is -0.0613 e. The van der Waals surface area contributed by atoms with Gasteiger partial charge in [0.2, 0.25) is 0 Å². The topological polar surface area (TPSA) is 0 Å². The lowest BCUT2D eigenvalue weighted by molar-refractivity contribution is 0.971. The van der Waals surface area contributed by atoms with Gasteiger partial charge in [-0.3, -0.25) is 0 Å². The third kappa shape index (κ3) is 4.00. The van der Waals surface area contributed by atoms with Gasteiger partial charge in [0.1, 0.15) is 0 Å². The molecule has 2 aromatic rings. The molecule has 0 fully saturated rings. The largest absolute Gasteiger partial charge is 0.0613 e. The van der Waals surface area contributed by atoms with Gasteiger partial charge < -0.3 is 0 Å². The Bertz CT molecular complexity index is 645. The van der Waals surface area contributed by atoms with E-state index in [4.69, 9.17) is 0 Å². The molecule has 0 saturated heterocycles. The van der Waals surface area contributed by atoms with Crippen molar-refractivity contribution >= 4 is 0 Å². The Morgan fingerprint density at radius 2 is 0.800 bits per heavy atom. The van der Waals surface area contributed by atoms with Gasteiger partial charge in [0, 0.05) is 6.42 Å². The second kappa shape index (κ2) is 9.22. The van der Waals surface area contributed by atoms with E-state index in [1.165, 1.54) is 33.4 Å². The van der Waals surface area contributed by atoms with Crippen LogP contribution in [0.4, 0.5) is 0 Å².